The fraction of sp³-hybridized carbons (Fsp3) is 0.714. The average molecular weight is 483 g/mol. The third-order valence-corrected chi connectivity index (χ3v) is 6.81. The number of aliphatic hydroxyl groups is 4. The smallest absolute Gasteiger partial charge is 0.326 e. The van der Waals surface area contributed by atoms with Crippen LogP contribution in [-0.4, -0.2) is 110 Å². The van der Waals surface area contributed by atoms with Crippen molar-refractivity contribution in [2.75, 3.05) is 19.8 Å². The first-order valence-electron chi connectivity index (χ1n) is 11.1. The molecule has 4 aliphatic rings. The van der Waals surface area contributed by atoms with Crippen LogP contribution in [0.5, 0.6) is 0 Å². The Bertz CT molecular complexity index is 909. The molecule has 188 valence electrons. The number of Topliss-reactive ketones (excluding diaryl/α,β-unsaturated/α-hetero) is 1. The quantitative estimate of drug-likeness (QED) is 0.254. The van der Waals surface area contributed by atoms with Gasteiger partial charge < -0.3 is 29.9 Å². The largest absolute Gasteiger partial charge is 0.394 e. The van der Waals surface area contributed by atoms with Gasteiger partial charge in [0, 0.05) is 31.2 Å². The first kappa shape index (κ1) is 24.7. The molecule has 4 rings (SSSR count). The average Bonchev–Trinajstić information content (AvgIpc) is 3.34. The molecule has 0 bridgehead atoms. The first-order valence-corrected chi connectivity index (χ1v) is 11.1. The van der Waals surface area contributed by atoms with Crippen molar-refractivity contribution in [3.05, 3.63) is 11.8 Å². The highest BCUT2D eigenvalue weighted by Crippen LogP contribution is 2.36. The maximum atomic E-state index is 12.8. The summed E-state index contributed by atoms with van der Waals surface area (Å²) in [7, 11) is 0. The molecule has 4 aliphatic heterocycles. The molecule has 3 fully saturated rings. The molecule has 7 atom stereocenters. The Labute approximate surface area is 194 Å². The van der Waals surface area contributed by atoms with E-state index in [0.29, 0.717) is 0 Å². The zero-order chi connectivity index (χ0) is 24.8. The molecular weight excluding hydrogens is 454 g/mol. The minimum atomic E-state index is -1.25. The summed E-state index contributed by atoms with van der Waals surface area (Å²) in [5, 5.41) is 40.9. The van der Waals surface area contributed by atoms with E-state index in [-0.39, 0.29) is 31.4 Å². The predicted octanol–water partition coefficient (Wildman–Crippen LogP) is -2.44. The van der Waals surface area contributed by atoms with Gasteiger partial charge in [-0.1, -0.05) is 0 Å². The fourth-order valence-corrected chi connectivity index (χ4v) is 4.79. The number of imide groups is 1. The molecule has 0 aliphatic carbocycles. The van der Waals surface area contributed by atoms with Gasteiger partial charge in [0.05, 0.1) is 37.3 Å². The van der Waals surface area contributed by atoms with Crippen molar-refractivity contribution < 1.29 is 49.1 Å². The second-order valence-electron chi connectivity index (χ2n) is 9.41. The monoisotopic (exact) mass is 483 g/mol. The van der Waals surface area contributed by atoms with E-state index in [4.69, 9.17) is 9.47 Å². The van der Waals surface area contributed by atoms with Gasteiger partial charge in [0.15, 0.2) is 5.78 Å². The van der Waals surface area contributed by atoms with Crippen molar-refractivity contribution in [1.82, 2.24) is 15.1 Å². The Morgan fingerprint density at radius 2 is 1.62 bits per heavy atom. The van der Waals surface area contributed by atoms with Crippen molar-refractivity contribution in [3.63, 3.8) is 0 Å². The van der Waals surface area contributed by atoms with Crippen LogP contribution in [0.4, 0.5) is 4.79 Å². The second kappa shape index (κ2) is 9.32. The molecule has 34 heavy (non-hydrogen) atoms. The van der Waals surface area contributed by atoms with E-state index in [9.17, 15) is 39.6 Å². The van der Waals surface area contributed by atoms with Gasteiger partial charge in [-0.05, 0) is 13.3 Å². The molecule has 5 N–H and O–H groups in total. The number of ether oxygens (including phenoxy) is 2. The topological polar surface area (TPSA) is 186 Å². The van der Waals surface area contributed by atoms with E-state index in [1.54, 1.807) is 6.92 Å². The van der Waals surface area contributed by atoms with E-state index in [2.05, 4.69) is 5.32 Å². The van der Waals surface area contributed by atoms with Crippen molar-refractivity contribution in [3.8, 4) is 0 Å². The number of ketones is 1. The van der Waals surface area contributed by atoms with Crippen LogP contribution in [0.3, 0.4) is 0 Å². The van der Waals surface area contributed by atoms with E-state index >= 15 is 0 Å². The molecule has 13 nitrogen and oxygen atoms in total. The normalized spacial score (nSPS) is 39.0. The van der Waals surface area contributed by atoms with E-state index in [1.807, 2.05) is 0 Å². The lowest BCUT2D eigenvalue weighted by molar-refractivity contribution is -0.144. The number of amides is 4. The van der Waals surface area contributed by atoms with Crippen molar-refractivity contribution in [2.45, 2.75) is 69.5 Å². The molecule has 0 aromatic heterocycles. The molecule has 3 saturated heterocycles. The Morgan fingerprint density at radius 1 is 1.03 bits per heavy atom. The second-order valence-corrected chi connectivity index (χ2v) is 9.41. The molecule has 0 spiro atoms. The van der Waals surface area contributed by atoms with Crippen LogP contribution >= 0.6 is 0 Å². The molecule has 0 aromatic rings. The number of rotatable bonds is 6. The lowest BCUT2D eigenvalue weighted by Gasteiger charge is -2.42. The van der Waals surface area contributed by atoms with Crippen LogP contribution in [0.25, 0.3) is 0 Å². The van der Waals surface area contributed by atoms with Gasteiger partial charge in [-0.15, -0.1) is 0 Å². The van der Waals surface area contributed by atoms with Crippen LogP contribution in [0.15, 0.2) is 11.8 Å². The molecule has 4 amide bonds. The van der Waals surface area contributed by atoms with Crippen LogP contribution in [0.1, 0.15) is 32.6 Å². The van der Waals surface area contributed by atoms with Gasteiger partial charge in [0.1, 0.15) is 24.7 Å². The summed E-state index contributed by atoms with van der Waals surface area (Å²) >= 11 is 0. The number of nitrogens with zero attached hydrogens (tertiary/aromatic N) is 2. The lowest BCUT2D eigenvalue weighted by Crippen LogP contribution is -2.62. The number of carbonyl (C=O) groups is 4. The number of carbonyl (C=O) groups excluding carboxylic acids is 4. The number of hydrogen-bond donors (Lipinski definition) is 5. The summed E-state index contributed by atoms with van der Waals surface area (Å²) < 4.78 is 11.1. The van der Waals surface area contributed by atoms with Gasteiger partial charge in [-0.25, -0.2) is 4.79 Å². The van der Waals surface area contributed by atoms with Gasteiger partial charge in [-0.2, -0.15) is 0 Å². The molecule has 4 heterocycles. The Hall–Kier alpha value is -2.42. The zero-order valence-electron chi connectivity index (χ0n) is 18.6. The number of aliphatic hydroxyl groups excluding tert-OH is 4. The van der Waals surface area contributed by atoms with E-state index in [0.717, 1.165) is 0 Å². The van der Waals surface area contributed by atoms with Crippen molar-refractivity contribution >= 4 is 23.6 Å². The minimum absolute atomic E-state index is 0.0557. The summed E-state index contributed by atoms with van der Waals surface area (Å²) in [5.41, 5.74) is -1.07. The fourth-order valence-electron chi connectivity index (χ4n) is 4.79. The zero-order valence-corrected chi connectivity index (χ0v) is 18.6. The van der Waals surface area contributed by atoms with Crippen LogP contribution in [0, 0.1) is 5.41 Å². The highest BCUT2D eigenvalue weighted by atomic mass is 16.6. The molecule has 0 radical (unpaired) electrons. The molecular formula is C21H29N3O10. The maximum absolute atomic E-state index is 12.8. The Kier molecular flexibility index (Phi) is 6.77. The number of urea groups is 1. The highest BCUT2D eigenvalue weighted by Gasteiger charge is 2.49. The van der Waals surface area contributed by atoms with E-state index < -0.39 is 85.5 Å². The van der Waals surface area contributed by atoms with Crippen molar-refractivity contribution in [2.24, 2.45) is 5.41 Å². The summed E-state index contributed by atoms with van der Waals surface area (Å²) in [5.74, 6) is -1.59. The summed E-state index contributed by atoms with van der Waals surface area (Å²) in [6.45, 7) is 0.607. The lowest BCUT2D eigenvalue weighted by atomic mass is 9.79. The van der Waals surface area contributed by atoms with Gasteiger partial charge in [0.25, 0.3) is 0 Å². The number of allylic oxidation sites excluding steroid dienone is 1. The van der Waals surface area contributed by atoms with Crippen LogP contribution < -0.4 is 5.32 Å². The standard InChI is InChI=1S/C21H29N3O10/c1-21(9-24(20(32)22-19(21)31)18-4-13(29)15(8-26)34-18)5-10-6-23(16(30)2-11(10)27)17-3-12(28)14(7-25)33-17/h6,12-15,17-18,25-26,28-29H,2-5,7-9H2,1H3,(H,22,31,32)/t12-,13-,14+,15+,17+,18+,21+/m0/s1. The van der Waals surface area contributed by atoms with E-state index in [1.165, 1.54) is 16.0 Å². The maximum Gasteiger partial charge on any atom is 0.326 e. The third-order valence-electron chi connectivity index (χ3n) is 6.81. The van der Waals surface area contributed by atoms with Gasteiger partial charge in [0.2, 0.25) is 11.8 Å². The highest BCUT2D eigenvalue weighted by molar-refractivity contribution is 6.10. The minimum Gasteiger partial charge on any atom is -0.394 e. The van der Waals surface area contributed by atoms with Gasteiger partial charge >= 0.3 is 6.03 Å². The summed E-state index contributed by atoms with van der Waals surface area (Å²) in [6.07, 6.45) is -4.49. The van der Waals surface area contributed by atoms with Crippen LogP contribution in [0.2, 0.25) is 0 Å². The molecule has 0 aromatic carbocycles. The Morgan fingerprint density at radius 3 is 2.21 bits per heavy atom. The van der Waals surface area contributed by atoms with Gasteiger partial charge in [-0.3, -0.25) is 29.5 Å². The molecule has 13 heteroatoms. The SMILES string of the molecule is C[C@@]1(CC2=CN([C@H]3C[C@H](O)[C@@H](CO)O3)C(=O)CC2=O)CN([C@H]2C[C@H](O)[C@@H](CO)O2)C(=O)NC1=O. The number of hydrogen-bond acceptors (Lipinski definition) is 10. The predicted molar refractivity (Wildman–Crippen MR) is 110 cm³/mol. The van der Waals surface area contributed by atoms with Crippen molar-refractivity contribution in [1.29, 1.82) is 0 Å². The molecule has 0 unspecified atom stereocenters. The summed E-state index contributed by atoms with van der Waals surface area (Å²) in [6, 6.07) is -0.706. The Balaban J connectivity index is 1.53. The number of nitrogens with one attached hydrogen (secondary N) is 1. The van der Waals surface area contributed by atoms with Crippen LogP contribution in [-0.2, 0) is 23.9 Å². The molecule has 0 saturated carbocycles. The first-order chi connectivity index (χ1) is 16.1. The summed E-state index contributed by atoms with van der Waals surface area (Å²) in [4.78, 5) is 52.8. The third kappa shape index (κ3) is 4.46.